The van der Waals surface area contributed by atoms with Crippen molar-refractivity contribution in [2.75, 3.05) is 11.9 Å². The lowest BCUT2D eigenvalue weighted by Gasteiger charge is -2.17. The summed E-state index contributed by atoms with van der Waals surface area (Å²) in [7, 11) is 0. The molecule has 5 nitrogen and oxygen atoms in total. The van der Waals surface area contributed by atoms with Gasteiger partial charge in [0.25, 0.3) is 0 Å². The van der Waals surface area contributed by atoms with Crippen LogP contribution in [-0.2, 0) is 4.74 Å². The van der Waals surface area contributed by atoms with Crippen molar-refractivity contribution in [1.82, 2.24) is 10.1 Å². The van der Waals surface area contributed by atoms with Gasteiger partial charge in [-0.1, -0.05) is 12.1 Å². The van der Waals surface area contributed by atoms with E-state index in [0.717, 1.165) is 6.42 Å². The first kappa shape index (κ1) is 13.0. The molecule has 92 valence electrons. The van der Waals surface area contributed by atoms with Gasteiger partial charge >= 0.3 is 6.01 Å². The number of ether oxygens (including phenoxy) is 1. The van der Waals surface area contributed by atoms with E-state index in [0.29, 0.717) is 18.4 Å². The highest BCUT2D eigenvalue weighted by Gasteiger charge is 2.19. The Hall–Kier alpha value is -1.10. The number of hydrogen-bond acceptors (Lipinski definition) is 5. The van der Waals surface area contributed by atoms with Crippen LogP contribution < -0.4 is 5.32 Å². The topological polar surface area (TPSA) is 60.2 Å². The van der Waals surface area contributed by atoms with E-state index >= 15 is 0 Å². The fourth-order valence-corrected chi connectivity index (χ4v) is 1.31. The van der Waals surface area contributed by atoms with Crippen LogP contribution in [0.25, 0.3) is 0 Å². The van der Waals surface area contributed by atoms with Crippen LogP contribution in [0.3, 0.4) is 0 Å². The van der Waals surface area contributed by atoms with Gasteiger partial charge in [-0.25, -0.2) is 0 Å². The van der Waals surface area contributed by atoms with E-state index in [-0.39, 0.29) is 11.6 Å². The Kier molecular flexibility index (Phi) is 4.29. The van der Waals surface area contributed by atoms with Crippen LogP contribution >= 0.6 is 0 Å². The zero-order valence-electron chi connectivity index (χ0n) is 10.7. The molecule has 1 atom stereocenters. The quantitative estimate of drug-likeness (QED) is 0.838. The molecule has 0 bridgehead atoms. The van der Waals surface area contributed by atoms with Gasteiger partial charge in [0.1, 0.15) is 6.10 Å². The van der Waals surface area contributed by atoms with E-state index in [1.807, 2.05) is 34.6 Å². The van der Waals surface area contributed by atoms with Crippen LogP contribution in [0.1, 0.15) is 53.0 Å². The van der Waals surface area contributed by atoms with Gasteiger partial charge in [0.2, 0.25) is 5.82 Å². The van der Waals surface area contributed by atoms with Gasteiger partial charge in [-0.3, -0.25) is 0 Å². The van der Waals surface area contributed by atoms with Gasteiger partial charge < -0.3 is 14.6 Å². The van der Waals surface area contributed by atoms with Crippen molar-refractivity contribution < 1.29 is 9.26 Å². The molecule has 16 heavy (non-hydrogen) atoms. The lowest BCUT2D eigenvalue weighted by atomic mass is 10.1. The highest BCUT2D eigenvalue weighted by molar-refractivity contribution is 5.23. The monoisotopic (exact) mass is 227 g/mol. The molecule has 0 aromatic carbocycles. The minimum absolute atomic E-state index is 0.0794. The summed E-state index contributed by atoms with van der Waals surface area (Å²) in [6.07, 6.45) is 0.756. The first-order chi connectivity index (χ1) is 7.46. The van der Waals surface area contributed by atoms with E-state index in [1.165, 1.54) is 0 Å². The molecule has 0 radical (unpaired) electrons. The minimum Gasteiger partial charge on any atom is -0.370 e. The molecular formula is C11H21N3O2. The lowest BCUT2D eigenvalue weighted by molar-refractivity contribution is 0.0518. The largest absolute Gasteiger partial charge is 0.370 e. The lowest BCUT2D eigenvalue weighted by Crippen LogP contribution is -2.26. The van der Waals surface area contributed by atoms with Gasteiger partial charge in [0.15, 0.2) is 0 Å². The molecule has 1 N–H and O–H groups in total. The van der Waals surface area contributed by atoms with Gasteiger partial charge in [-0.05, 0) is 34.1 Å². The van der Waals surface area contributed by atoms with E-state index in [9.17, 15) is 0 Å². The maximum atomic E-state index is 5.51. The minimum atomic E-state index is -0.0862. The Balaban J connectivity index is 2.69. The molecule has 1 aromatic rings. The van der Waals surface area contributed by atoms with Crippen molar-refractivity contribution in [3.05, 3.63) is 5.82 Å². The smallest absolute Gasteiger partial charge is 0.321 e. The average molecular weight is 227 g/mol. The van der Waals surface area contributed by atoms with Crippen LogP contribution in [0, 0.1) is 0 Å². The molecule has 0 spiro atoms. The first-order valence-corrected chi connectivity index (χ1v) is 5.69. The number of anilines is 1. The molecule has 0 aliphatic heterocycles. The van der Waals surface area contributed by atoms with Crippen LogP contribution in [0.15, 0.2) is 4.52 Å². The number of aromatic nitrogens is 2. The van der Waals surface area contributed by atoms with Crippen LogP contribution in [0.5, 0.6) is 0 Å². The Morgan fingerprint density at radius 1 is 1.38 bits per heavy atom. The summed E-state index contributed by atoms with van der Waals surface area (Å²) in [4.78, 5) is 4.27. The fraction of sp³-hybridized carbons (Fsp3) is 0.818. The molecule has 5 heteroatoms. The van der Waals surface area contributed by atoms with Gasteiger partial charge in [-0.15, -0.1) is 0 Å². The molecule has 1 heterocycles. The van der Waals surface area contributed by atoms with E-state index in [2.05, 4.69) is 15.5 Å². The zero-order valence-corrected chi connectivity index (χ0v) is 10.7. The Morgan fingerprint density at radius 2 is 2.06 bits per heavy atom. The highest BCUT2D eigenvalue weighted by atomic mass is 16.5. The molecule has 0 saturated carbocycles. The van der Waals surface area contributed by atoms with Crippen molar-refractivity contribution in [3.8, 4) is 0 Å². The van der Waals surface area contributed by atoms with Crippen molar-refractivity contribution in [3.63, 3.8) is 0 Å². The number of rotatable bonds is 5. The summed E-state index contributed by atoms with van der Waals surface area (Å²) in [5.74, 6) is 0.608. The summed E-state index contributed by atoms with van der Waals surface area (Å²) in [6.45, 7) is 10.8. The molecular weight excluding hydrogens is 206 g/mol. The molecule has 0 saturated heterocycles. The third-order valence-corrected chi connectivity index (χ3v) is 1.95. The summed E-state index contributed by atoms with van der Waals surface area (Å²) in [5.41, 5.74) is -0.0862. The van der Waals surface area contributed by atoms with Crippen molar-refractivity contribution in [2.24, 2.45) is 0 Å². The second-order valence-corrected chi connectivity index (χ2v) is 4.68. The normalized spacial score (nSPS) is 13.8. The third-order valence-electron chi connectivity index (χ3n) is 1.95. The molecule has 0 amide bonds. The molecule has 0 aliphatic carbocycles. The van der Waals surface area contributed by atoms with E-state index in [4.69, 9.17) is 9.26 Å². The summed E-state index contributed by atoms with van der Waals surface area (Å²) < 4.78 is 10.6. The summed E-state index contributed by atoms with van der Waals surface area (Å²) >= 11 is 0. The highest BCUT2D eigenvalue weighted by Crippen LogP contribution is 2.20. The Labute approximate surface area is 96.6 Å². The molecule has 1 aromatic heterocycles. The number of hydrogen-bond donors (Lipinski definition) is 1. The maximum Gasteiger partial charge on any atom is 0.321 e. The molecule has 0 fully saturated rings. The van der Waals surface area contributed by atoms with E-state index < -0.39 is 0 Å². The van der Waals surface area contributed by atoms with Crippen molar-refractivity contribution in [2.45, 2.75) is 52.7 Å². The van der Waals surface area contributed by atoms with Gasteiger partial charge in [0, 0.05) is 12.1 Å². The van der Waals surface area contributed by atoms with Gasteiger partial charge in [0.05, 0.1) is 0 Å². The number of nitrogens with zero attached hydrogens (tertiary/aromatic N) is 2. The van der Waals surface area contributed by atoms with Crippen LogP contribution in [-0.4, -0.2) is 22.3 Å². The Bertz CT molecular complexity index is 317. The average Bonchev–Trinajstić information content (AvgIpc) is 2.59. The predicted octanol–water partition coefficient (Wildman–Crippen LogP) is 2.77. The van der Waals surface area contributed by atoms with Crippen LogP contribution in [0.2, 0.25) is 0 Å². The van der Waals surface area contributed by atoms with Crippen LogP contribution in [0.4, 0.5) is 6.01 Å². The van der Waals surface area contributed by atoms with Crippen molar-refractivity contribution in [1.29, 1.82) is 0 Å². The van der Waals surface area contributed by atoms with Gasteiger partial charge in [-0.2, -0.15) is 4.98 Å². The zero-order chi connectivity index (χ0) is 12.2. The predicted molar refractivity (Wildman–Crippen MR) is 62.3 cm³/mol. The van der Waals surface area contributed by atoms with Crippen molar-refractivity contribution >= 4 is 6.01 Å². The maximum absolute atomic E-state index is 5.51. The molecule has 1 unspecified atom stereocenters. The third kappa shape index (κ3) is 3.81. The second-order valence-electron chi connectivity index (χ2n) is 4.68. The molecule has 1 rings (SSSR count). The molecule has 0 aliphatic rings. The number of nitrogens with one attached hydrogen (secondary N) is 1. The first-order valence-electron chi connectivity index (χ1n) is 5.69. The SMILES string of the molecule is CCOC(CC)c1noc(NC(C)(C)C)n1. The standard InChI is InChI=1S/C11H21N3O2/c1-6-8(15-7-2)9-12-10(16-14-9)13-11(3,4)5/h8H,6-7H2,1-5H3,(H,12,13,14). The summed E-state index contributed by atoms with van der Waals surface area (Å²) in [6, 6.07) is 0.445. The fourth-order valence-electron chi connectivity index (χ4n) is 1.31. The summed E-state index contributed by atoms with van der Waals surface area (Å²) in [5, 5.41) is 7.04. The second kappa shape index (κ2) is 5.30. The Morgan fingerprint density at radius 3 is 2.56 bits per heavy atom. The van der Waals surface area contributed by atoms with E-state index in [1.54, 1.807) is 0 Å².